The first-order valence-corrected chi connectivity index (χ1v) is 9.44. The highest BCUT2D eigenvalue weighted by Gasteiger charge is 2.43. The van der Waals surface area contributed by atoms with Crippen molar-refractivity contribution in [3.63, 3.8) is 0 Å². The smallest absolute Gasteiger partial charge is 0.342 e. The van der Waals surface area contributed by atoms with E-state index in [0.29, 0.717) is 37.5 Å². The van der Waals surface area contributed by atoms with Crippen molar-refractivity contribution in [2.24, 2.45) is 11.8 Å². The molecule has 2 aliphatic rings. The maximum absolute atomic E-state index is 13.7. The largest absolute Gasteiger partial charge is 0.417 e. The van der Waals surface area contributed by atoms with Crippen molar-refractivity contribution in [3.05, 3.63) is 23.0 Å². The predicted octanol–water partition coefficient (Wildman–Crippen LogP) is 4.17. The van der Waals surface area contributed by atoms with Crippen LogP contribution in [0.1, 0.15) is 56.0 Å². The molecule has 2 aromatic heterocycles. The lowest BCUT2D eigenvalue weighted by Crippen LogP contribution is -2.40. The molecule has 1 amide bonds. The van der Waals surface area contributed by atoms with Crippen LogP contribution in [0.4, 0.5) is 13.2 Å². The van der Waals surface area contributed by atoms with E-state index in [2.05, 4.69) is 10.1 Å². The third-order valence-electron chi connectivity index (χ3n) is 5.74. The molecule has 1 aliphatic carbocycles. The first kappa shape index (κ1) is 18.3. The Morgan fingerprint density at radius 3 is 2.78 bits per heavy atom. The molecule has 0 spiro atoms. The van der Waals surface area contributed by atoms with Crippen LogP contribution >= 0.6 is 0 Å². The highest BCUT2D eigenvalue weighted by molar-refractivity contribution is 5.83. The quantitative estimate of drug-likeness (QED) is 0.801. The number of nitrogens with zero attached hydrogens (tertiary/aromatic N) is 3. The predicted molar refractivity (Wildman–Crippen MR) is 92.0 cm³/mol. The van der Waals surface area contributed by atoms with Crippen molar-refractivity contribution >= 4 is 17.0 Å². The van der Waals surface area contributed by atoms with Gasteiger partial charge in [-0.1, -0.05) is 19.0 Å². The number of rotatable bonds is 3. The van der Waals surface area contributed by atoms with Gasteiger partial charge in [0.1, 0.15) is 0 Å². The average Bonchev–Trinajstić information content (AvgIpc) is 3.22. The molecule has 0 N–H and O–H groups in total. The lowest BCUT2D eigenvalue weighted by molar-refractivity contribution is -0.136. The molecular formula is C19H22F3N3O2. The number of aryl methyl sites for hydroxylation is 1. The second kappa shape index (κ2) is 6.49. The molecule has 1 saturated heterocycles. The van der Waals surface area contributed by atoms with Crippen molar-refractivity contribution in [3.8, 4) is 0 Å². The van der Waals surface area contributed by atoms with Crippen LogP contribution in [0.5, 0.6) is 0 Å². The van der Waals surface area contributed by atoms with E-state index in [1.54, 1.807) is 11.8 Å². The fourth-order valence-corrected chi connectivity index (χ4v) is 4.01. The Morgan fingerprint density at radius 2 is 2.15 bits per heavy atom. The van der Waals surface area contributed by atoms with Gasteiger partial charge in [0, 0.05) is 30.6 Å². The molecule has 2 aromatic rings. The van der Waals surface area contributed by atoms with Crippen molar-refractivity contribution in [2.75, 3.05) is 13.1 Å². The molecule has 0 bridgehead atoms. The number of piperidine rings is 1. The summed E-state index contributed by atoms with van der Waals surface area (Å²) in [6, 6.07) is 1.08. The molecule has 1 aliphatic heterocycles. The summed E-state index contributed by atoms with van der Waals surface area (Å²) in [4.78, 5) is 18.5. The minimum Gasteiger partial charge on any atom is -0.342 e. The molecule has 5 nitrogen and oxygen atoms in total. The standard InChI is InChI=1S/C19H22F3N3O2/c1-3-12-8-14(19(20,21)22)15-16(24-27-17(15)23-12)11-5-4-6-25(9-11)18(26)13-7-10(13)2/h8,10-11,13H,3-7,9H2,1-2H3/t10-,11-,13-/m1/s1. The maximum Gasteiger partial charge on any atom is 0.417 e. The van der Waals surface area contributed by atoms with Gasteiger partial charge in [-0.2, -0.15) is 13.2 Å². The number of hydrogen-bond acceptors (Lipinski definition) is 4. The first-order chi connectivity index (χ1) is 12.8. The summed E-state index contributed by atoms with van der Waals surface area (Å²) in [6.07, 6.45) is -1.82. The number of fused-ring (bicyclic) bond motifs is 1. The summed E-state index contributed by atoms with van der Waals surface area (Å²) >= 11 is 0. The molecule has 8 heteroatoms. The molecule has 3 heterocycles. The Labute approximate surface area is 154 Å². The van der Waals surface area contributed by atoms with E-state index in [0.717, 1.165) is 18.9 Å². The lowest BCUT2D eigenvalue weighted by atomic mass is 9.91. The summed E-state index contributed by atoms with van der Waals surface area (Å²) in [5.41, 5.74) is -0.231. The van der Waals surface area contributed by atoms with Crippen molar-refractivity contribution in [2.45, 2.75) is 51.6 Å². The number of aromatic nitrogens is 2. The van der Waals surface area contributed by atoms with Crippen LogP contribution in [-0.2, 0) is 17.4 Å². The Bertz CT molecular complexity index is 877. The summed E-state index contributed by atoms with van der Waals surface area (Å²) in [5, 5.41) is 3.91. The van der Waals surface area contributed by atoms with Gasteiger partial charge in [0.2, 0.25) is 5.91 Å². The monoisotopic (exact) mass is 381 g/mol. The molecule has 4 rings (SSSR count). The topological polar surface area (TPSA) is 59.2 Å². The van der Waals surface area contributed by atoms with Crippen LogP contribution in [0.15, 0.2) is 10.6 Å². The third-order valence-corrected chi connectivity index (χ3v) is 5.74. The van der Waals surface area contributed by atoms with Gasteiger partial charge < -0.3 is 9.42 Å². The van der Waals surface area contributed by atoms with Crippen LogP contribution < -0.4 is 0 Å². The highest BCUT2D eigenvalue weighted by Crippen LogP contribution is 2.42. The summed E-state index contributed by atoms with van der Waals surface area (Å²) < 4.78 is 46.2. The third kappa shape index (κ3) is 3.30. The minimum atomic E-state index is -4.51. The summed E-state index contributed by atoms with van der Waals surface area (Å²) in [7, 11) is 0. The van der Waals surface area contributed by atoms with Crippen LogP contribution in [0.2, 0.25) is 0 Å². The minimum absolute atomic E-state index is 0.0567. The van der Waals surface area contributed by atoms with Gasteiger partial charge in [0.25, 0.3) is 5.71 Å². The first-order valence-electron chi connectivity index (χ1n) is 9.44. The number of amides is 1. The molecule has 27 heavy (non-hydrogen) atoms. The Kier molecular flexibility index (Phi) is 4.39. The van der Waals surface area contributed by atoms with Crippen molar-refractivity contribution in [1.82, 2.24) is 15.0 Å². The average molecular weight is 381 g/mol. The molecule has 0 unspecified atom stereocenters. The fraction of sp³-hybridized carbons (Fsp3) is 0.632. The molecule has 3 atom stereocenters. The zero-order chi connectivity index (χ0) is 19.3. The fourth-order valence-electron chi connectivity index (χ4n) is 4.01. The molecule has 2 fully saturated rings. The van der Waals surface area contributed by atoms with E-state index in [4.69, 9.17) is 4.52 Å². The van der Waals surface area contributed by atoms with Crippen LogP contribution in [-0.4, -0.2) is 34.0 Å². The molecule has 146 valence electrons. The summed E-state index contributed by atoms with van der Waals surface area (Å²) in [6.45, 7) is 4.83. The van der Waals surface area contributed by atoms with Gasteiger partial charge in [0.05, 0.1) is 16.6 Å². The normalized spacial score (nSPS) is 25.8. The van der Waals surface area contributed by atoms with E-state index in [9.17, 15) is 18.0 Å². The van der Waals surface area contributed by atoms with Crippen molar-refractivity contribution in [1.29, 1.82) is 0 Å². The second-order valence-corrected chi connectivity index (χ2v) is 7.70. The molecular weight excluding hydrogens is 359 g/mol. The van der Waals surface area contributed by atoms with Gasteiger partial charge in [-0.3, -0.25) is 4.79 Å². The van der Waals surface area contributed by atoms with Gasteiger partial charge in [-0.05, 0) is 37.7 Å². The maximum atomic E-state index is 13.7. The molecule has 0 aromatic carbocycles. The number of likely N-dealkylation sites (tertiary alicyclic amines) is 1. The van der Waals surface area contributed by atoms with E-state index in [-0.39, 0.29) is 34.5 Å². The van der Waals surface area contributed by atoms with Gasteiger partial charge in [-0.15, -0.1) is 0 Å². The molecule has 1 saturated carbocycles. The van der Waals surface area contributed by atoms with Gasteiger partial charge in [-0.25, -0.2) is 4.98 Å². The zero-order valence-electron chi connectivity index (χ0n) is 15.3. The highest BCUT2D eigenvalue weighted by atomic mass is 19.4. The van der Waals surface area contributed by atoms with Crippen molar-refractivity contribution < 1.29 is 22.5 Å². The SMILES string of the molecule is CCc1cc(C(F)(F)F)c2c([C@@H]3CCCN(C(=O)[C@@H]4C[C@H]4C)C3)noc2n1. The van der Waals surface area contributed by atoms with E-state index < -0.39 is 11.7 Å². The van der Waals surface area contributed by atoms with Gasteiger partial charge >= 0.3 is 6.18 Å². The Balaban J connectivity index is 1.70. The number of carbonyl (C=O) groups excluding carboxylic acids is 1. The lowest BCUT2D eigenvalue weighted by Gasteiger charge is -2.32. The van der Waals surface area contributed by atoms with Crippen LogP contribution in [0.25, 0.3) is 11.1 Å². The summed E-state index contributed by atoms with van der Waals surface area (Å²) in [5.74, 6) is 0.312. The zero-order valence-corrected chi connectivity index (χ0v) is 15.3. The number of pyridine rings is 1. The van der Waals surface area contributed by atoms with E-state index in [1.165, 1.54) is 0 Å². The number of carbonyl (C=O) groups is 1. The molecule has 0 radical (unpaired) electrons. The van der Waals surface area contributed by atoms with E-state index >= 15 is 0 Å². The van der Waals surface area contributed by atoms with Crippen LogP contribution in [0.3, 0.4) is 0 Å². The number of halogens is 3. The number of alkyl halides is 3. The van der Waals surface area contributed by atoms with E-state index in [1.807, 2.05) is 6.92 Å². The van der Waals surface area contributed by atoms with Gasteiger partial charge in [0.15, 0.2) is 0 Å². The Morgan fingerprint density at radius 1 is 1.41 bits per heavy atom. The number of hydrogen-bond donors (Lipinski definition) is 0. The van der Waals surface area contributed by atoms with Crippen LogP contribution in [0, 0.1) is 11.8 Å². The second-order valence-electron chi connectivity index (χ2n) is 7.70. The Hall–Kier alpha value is -2.12.